The molecule has 1 aromatic rings. The van der Waals surface area contributed by atoms with Gasteiger partial charge in [0.2, 0.25) is 0 Å². The Morgan fingerprint density at radius 1 is 1.53 bits per heavy atom. The number of hydrogen-bond donors (Lipinski definition) is 1. The molecule has 4 nitrogen and oxygen atoms in total. The predicted molar refractivity (Wildman–Crippen MR) is 62.0 cm³/mol. The zero-order chi connectivity index (χ0) is 10.5. The first-order valence-electron chi connectivity index (χ1n) is 4.68. The molecule has 2 rings (SSSR count). The highest BCUT2D eigenvalue weighted by Gasteiger charge is 1.98. The maximum Gasteiger partial charge on any atom is 0.137 e. The highest BCUT2D eigenvalue weighted by Crippen LogP contribution is 2.10. The van der Waals surface area contributed by atoms with E-state index < -0.39 is 0 Å². The van der Waals surface area contributed by atoms with E-state index in [1.165, 1.54) is 0 Å². The summed E-state index contributed by atoms with van der Waals surface area (Å²) in [6, 6.07) is 0. The van der Waals surface area contributed by atoms with Crippen LogP contribution < -0.4 is 5.32 Å². The molecule has 0 unspecified atom stereocenters. The van der Waals surface area contributed by atoms with Gasteiger partial charge in [-0.15, -0.1) is 0 Å². The lowest BCUT2D eigenvalue weighted by Crippen LogP contribution is -2.09. The van der Waals surface area contributed by atoms with Crippen LogP contribution in [-0.2, 0) is 6.54 Å². The Bertz CT molecular complexity index is 403. The van der Waals surface area contributed by atoms with Crippen LogP contribution in [0.5, 0.6) is 0 Å². The summed E-state index contributed by atoms with van der Waals surface area (Å²) in [5.41, 5.74) is 1.10. The van der Waals surface area contributed by atoms with Gasteiger partial charge in [0.15, 0.2) is 0 Å². The molecule has 1 aliphatic rings. The lowest BCUT2D eigenvalue weighted by molar-refractivity contribution is 0.620. The lowest BCUT2D eigenvalue weighted by Gasteiger charge is -2.09. The van der Waals surface area contributed by atoms with Crippen molar-refractivity contribution in [2.24, 2.45) is 0 Å². The van der Waals surface area contributed by atoms with E-state index in [4.69, 9.17) is 0 Å². The van der Waals surface area contributed by atoms with Gasteiger partial charge in [-0.05, 0) is 34.5 Å². The first-order chi connectivity index (χ1) is 7.34. The number of aromatic nitrogens is 3. The van der Waals surface area contributed by atoms with Crippen molar-refractivity contribution in [1.82, 2.24) is 20.1 Å². The first kappa shape index (κ1) is 10.2. The van der Waals surface area contributed by atoms with Crippen LogP contribution in [0.25, 0.3) is 0 Å². The van der Waals surface area contributed by atoms with E-state index in [1.807, 2.05) is 22.9 Å². The maximum atomic E-state index is 4.03. The minimum atomic E-state index is 0.848. The Kier molecular flexibility index (Phi) is 3.34. The van der Waals surface area contributed by atoms with E-state index in [-0.39, 0.29) is 0 Å². The maximum absolute atomic E-state index is 4.03. The Balaban J connectivity index is 1.85. The highest BCUT2D eigenvalue weighted by atomic mass is 79.9. The molecule has 5 heteroatoms. The van der Waals surface area contributed by atoms with Gasteiger partial charge in [-0.3, -0.25) is 4.68 Å². The summed E-state index contributed by atoms with van der Waals surface area (Å²) in [6.45, 7) is 0.848. The Hall–Kier alpha value is -1.36. The quantitative estimate of drug-likeness (QED) is 0.851. The normalized spacial score (nSPS) is 17.7. The Labute approximate surface area is 96.5 Å². The molecular formula is C10H11BrN4. The fourth-order valence-corrected chi connectivity index (χ4v) is 1.66. The summed E-state index contributed by atoms with van der Waals surface area (Å²) in [5.74, 6) is 0. The number of aryl methyl sites for hydroxylation is 1. The van der Waals surface area contributed by atoms with Crippen LogP contribution in [-0.4, -0.2) is 14.8 Å². The molecule has 0 bridgehead atoms. The van der Waals surface area contributed by atoms with Crippen molar-refractivity contribution in [3.63, 3.8) is 0 Å². The molecule has 0 radical (unpaired) electrons. The molecule has 0 aliphatic carbocycles. The van der Waals surface area contributed by atoms with E-state index in [9.17, 15) is 0 Å². The zero-order valence-corrected chi connectivity index (χ0v) is 9.68. The third-order valence-electron chi connectivity index (χ3n) is 1.97. The van der Waals surface area contributed by atoms with Gasteiger partial charge < -0.3 is 5.32 Å². The standard InChI is InChI=1S/C10H11BrN4/c11-10-5-1-3-9(14-10)4-2-6-15-8-12-7-13-15/h1,3-5,7-8,14H,2,6H2. The number of rotatable bonds is 3. The molecule has 15 heavy (non-hydrogen) atoms. The van der Waals surface area contributed by atoms with Crippen molar-refractivity contribution in [1.29, 1.82) is 0 Å². The molecule has 0 spiro atoms. The highest BCUT2D eigenvalue weighted by molar-refractivity contribution is 9.11. The average Bonchev–Trinajstić information content (AvgIpc) is 2.71. The summed E-state index contributed by atoms with van der Waals surface area (Å²) in [7, 11) is 0. The fraction of sp³-hybridized carbons (Fsp3) is 0.200. The van der Waals surface area contributed by atoms with Crippen LogP contribution in [0.2, 0.25) is 0 Å². The second kappa shape index (κ2) is 4.93. The van der Waals surface area contributed by atoms with Crippen LogP contribution in [0.15, 0.2) is 47.3 Å². The van der Waals surface area contributed by atoms with Crippen molar-refractivity contribution in [3.05, 3.63) is 47.3 Å². The molecular weight excluding hydrogens is 256 g/mol. The van der Waals surface area contributed by atoms with E-state index in [0.29, 0.717) is 0 Å². The van der Waals surface area contributed by atoms with Gasteiger partial charge in [0.05, 0.1) is 4.61 Å². The molecule has 0 aromatic carbocycles. The van der Waals surface area contributed by atoms with Crippen LogP contribution >= 0.6 is 15.9 Å². The second-order valence-corrected chi connectivity index (χ2v) is 3.96. The Morgan fingerprint density at radius 2 is 2.47 bits per heavy atom. The summed E-state index contributed by atoms with van der Waals surface area (Å²) in [6.07, 6.45) is 12.3. The van der Waals surface area contributed by atoms with Crippen LogP contribution in [0.3, 0.4) is 0 Å². The fourth-order valence-electron chi connectivity index (χ4n) is 1.28. The molecule has 1 aromatic heterocycles. The molecule has 0 saturated carbocycles. The number of hydrogen-bond acceptors (Lipinski definition) is 3. The average molecular weight is 267 g/mol. The molecule has 0 atom stereocenters. The van der Waals surface area contributed by atoms with Gasteiger partial charge in [0.25, 0.3) is 0 Å². The minimum Gasteiger partial charge on any atom is -0.350 e. The topological polar surface area (TPSA) is 42.7 Å². The van der Waals surface area contributed by atoms with Gasteiger partial charge in [0.1, 0.15) is 12.7 Å². The summed E-state index contributed by atoms with van der Waals surface area (Å²) in [4.78, 5) is 3.88. The van der Waals surface area contributed by atoms with Crippen LogP contribution in [0.4, 0.5) is 0 Å². The SMILES string of the molecule is BrC1=CC=CC(=CCCn2cncn2)N1. The molecule has 78 valence electrons. The van der Waals surface area contributed by atoms with Crippen molar-refractivity contribution >= 4 is 15.9 Å². The van der Waals surface area contributed by atoms with Crippen molar-refractivity contribution < 1.29 is 0 Å². The third kappa shape index (κ3) is 3.06. The summed E-state index contributed by atoms with van der Waals surface area (Å²) >= 11 is 3.39. The number of nitrogens with one attached hydrogen (secondary N) is 1. The first-order valence-corrected chi connectivity index (χ1v) is 5.47. The van der Waals surface area contributed by atoms with Gasteiger partial charge >= 0.3 is 0 Å². The number of halogens is 1. The molecule has 2 heterocycles. The second-order valence-electron chi connectivity index (χ2n) is 3.11. The largest absolute Gasteiger partial charge is 0.350 e. The van der Waals surface area contributed by atoms with Crippen molar-refractivity contribution in [3.8, 4) is 0 Å². The van der Waals surface area contributed by atoms with Gasteiger partial charge in [-0.2, -0.15) is 5.10 Å². The molecule has 1 aliphatic heterocycles. The Morgan fingerprint density at radius 3 is 3.20 bits per heavy atom. The van der Waals surface area contributed by atoms with Crippen molar-refractivity contribution in [2.45, 2.75) is 13.0 Å². The van der Waals surface area contributed by atoms with E-state index in [1.54, 1.807) is 12.7 Å². The number of nitrogens with zero attached hydrogens (tertiary/aromatic N) is 3. The van der Waals surface area contributed by atoms with Gasteiger partial charge in [-0.1, -0.05) is 12.2 Å². The minimum absolute atomic E-state index is 0.848. The van der Waals surface area contributed by atoms with E-state index in [2.05, 4.69) is 37.4 Å². The zero-order valence-electron chi connectivity index (χ0n) is 8.10. The van der Waals surface area contributed by atoms with Gasteiger partial charge in [0, 0.05) is 12.2 Å². The van der Waals surface area contributed by atoms with Crippen molar-refractivity contribution in [2.75, 3.05) is 0 Å². The summed E-state index contributed by atoms with van der Waals surface area (Å²) < 4.78 is 2.80. The monoisotopic (exact) mass is 266 g/mol. The summed E-state index contributed by atoms with van der Waals surface area (Å²) in [5, 5.41) is 7.23. The van der Waals surface area contributed by atoms with E-state index >= 15 is 0 Å². The van der Waals surface area contributed by atoms with Crippen LogP contribution in [0, 0.1) is 0 Å². The molecule has 1 N–H and O–H groups in total. The van der Waals surface area contributed by atoms with E-state index in [0.717, 1.165) is 23.3 Å². The molecule has 0 amide bonds. The van der Waals surface area contributed by atoms with Crippen LogP contribution in [0.1, 0.15) is 6.42 Å². The lowest BCUT2D eigenvalue weighted by atomic mass is 10.2. The predicted octanol–water partition coefficient (Wildman–Crippen LogP) is 1.95. The van der Waals surface area contributed by atoms with Gasteiger partial charge in [-0.25, -0.2) is 4.98 Å². The molecule has 0 saturated heterocycles. The number of dihydropyridines is 1. The number of allylic oxidation sites excluding steroid dienone is 4. The smallest absolute Gasteiger partial charge is 0.137 e. The third-order valence-corrected chi connectivity index (χ3v) is 2.43. The molecule has 0 fully saturated rings.